The van der Waals surface area contributed by atoms with Crippen LogP contribution < -0.4 is 4.74 Å². The van der Waals surface area contributed by atoms with E-state index in [2.05, 4.69) is 30.1 Å². The van der Waals surface area contributed by atoms with Gasteiger partial charge in [-0.1, -0.05) is 6.07 Å². The van der Waals surface area contributed by atoms with Gasteiger partial charge in [-0.05, 0) is 56.2 Å². The minimum atomic E-state index is -0.149. The van der Waals surface area contributed by atoms with Crippen LogP contribution in [0.5, 0.6) is 5.75 Å². The minimum absolute atomic E-state index is 0.149. The summed E-state index contributed by atoms with van der Waals surface area (Å²) in [6.45, 7) is 6.07. The number of hydrogen-bond acceptors (Lipinski definition) is 3. The summed E-state index contributed by atoms with van der Waals surface area (Å²) in [5, 5.41) is 6.94. The van der Waals surface area contributed by atoms with Gasteiger partial charge >= 0.3 is 0 Å². The zero-order chi connectivity index (χ0) is 13.3. The highest BCUT2D eigenvalue weighted by Crippen LogP contribution is 2.22. The summed E-state index contributed by atoms with van der Waals surface area (Å²) in [6.07, 6.45) is -0.149. The maximum atomic E-state index is 5.91. The Bertz CT molecular complexity index is 595. The molecule has 1 heterocycles. The van der Waals surface area contributed by atoms with Crippen molar-refractivity contribution in [2.45, 2.75) is 26.9 Å². The molecule has 1 aromatic heterocycles. The van der Waals surface area contributed by atoms with Gasteiger partial charge < -0.3 is 9.30 Å². The van der Waals surface area contributed by atoms with E-state index in [4.69, 9.17) is 17.0 Å². The SMILES string of the molecule is Cc1cc(C)cc(OC(C)c2n[nH]c(=S)n2C)c1. The Morgan fingerprint density at radius 2 is 1.89 bits per heavy atom. The predicted octanol–water partition coefficient (Wildman–Crippen LogP) is 3.23. The van der Waals surface area contributed by atoms with Crippen molar-refractivity contribution in [3.8, 4) is 5.75 Å². The zero-order valence-electron chi connectivity index (χ0n) is 11.0. The molecule has 0 aliphatic carbocycles. The molecule has 0 aliphatic heterocycles. The van der Waals surface area contributed by atoms with E-state index < -0.39 is 0 Å². The van der Waals surface area contributed by atoms with Crippen LogP contribution in [0.2, 0.25) is 0 Å². The maximum absolute atomic E-state index is 5.91. The molecule has 18 heavy (non-hydrogen) atoms. The topological polar surface area (TPSA) is 42.8 Å². The molecule has 1 aromatic carbocycles. The molecule has 1 unspecified atom stereocenters. The Balaban J connectivity index is 2.23. The van der Waals surface area contributed by atoms with Crippen LogP contribution in [0.25, 0.3) is 0 Å². The lowest BCUT2D eigenvalue weighted by atomic mass is 10.1. The molecule has 2 rings (SSSR count). The lowest BCUT2D eigenvalue weighted by Gasteiger charge is -2.14. The van der Waals surface area contributed by atoms with Gasteiger partial charge in [0.2, 0.25) is 0 Å². The highest BCUT2D eigenvalue weighted by Gasteiger charge is 2.13. The van der Waals surface area contributed by atoms with E-state index in [0.717, 1.165) is 11.6 Å². The van der Waals surface area contributed by atoms with Crippen LogP contribution in [0.1, 0.15) is 30.0 Å². The van der Waals surface area contributed by atoms with Crippen molar-refractivity contribution >= 4 is 12.2 Å². The van der Waals surface area contributed by atoms with Gasteiger partial charge in [-0.15, -0.1) is 0 Å². The van der Waals surface area contributed by atoms with Gasteiger partial charge in [0.05, 0.1) is 0 Å². The van der Waals surface area contributed by atoms with Crippen molar-refractivity contribution in [3.05, 3.63) is 39.9 Å². The molecule has 0 spiro atoms. The second kappa shape index (κ2) is 4.94. The number of aryl methyl sites for hydroxylation is 2. The van der Waals surface area contributed by atoms with Gasteiger partial charge in [0, 0.05) is 7.05 Å². The van der Waals surface area contributed by atoms with Crippen molar-refractivity contribution in [1.29, 1.82) is 0 Å². The molecule has 2 aromatic rings. The molecule has 0 saturated heterocycles. The number of nitrogens with one attached hydrogen (secondary N) is 1. The molecule has 0 bridgehead atoms. The molecule has 1 N–H and O–H groups in total. The fourth-order valence-electron chi connectivity index (χ4n) is 1.98. The second-order valence-electron chi connectivity index (χ2n) is 4.53. The average Bonchev–Trinajstić information content (AvgIpc) is 2.58. The molecular formula is C13H17N3OS. The van der Waals surface area contributed by atoms with Crippen LogP contribution in [0.15, 0.2) is 18.2 Å². The molecule has 1 atom stereocenters. The number of nitrogens with zero attached hydrogens (tertiary/aromatic N) is 2. The minimum Gasteiger partial charge on any atom is -0.483 e. The zero-order valence-corrected chi connectivity index (χ0v) is 11.8. The highest BCUT2D eigenvalue weighted by atomic mass is 32.1. The Hall–Kier alpha value is -1.62. The molecule has 96 valence electrons. The molecule has 0 saturated carbocycles. The van der Waals surface area contributed by atoms with Gasteiger partial charge in [-0.25, -0.2) is 0 Å². The average molecular weight is 263 g/mol. The van der Waals surface area contributed by atoms with E-state index in [1.54, 1.807) is 0 Å². The first kappa shape index (κ1) is 12.8. The second-order valence-corrected chi connectivity index (χ2v) is 4.92. The smallest absolute Gasteiger partial charge is 0.195 e. The van der Waals surface area contributed by atoms with E-state index in [1.807, 2.05) is 30.7 Å². The van der Waals surface area contributed by atoms with Crippen LogP contribution in [0.3, 0.4) is 0 Å². The van der Waals surface area contributed by atoms with Gasteiger partial charge in [0.25, 0.3) is 0 Å². The van der Waals surface area contributed by atoms with Crippen molar-refractivity contribution in [2.75, 3.05) is 0 Å². The van der Waals surface area contributed by atoms with Gasteiger partial charge in [-0.3, -0.25) is 5.10 Å². The summed E-state index contributed by atoms with van der Waals surface area (Å²) in [6, 6.07) is 6.16. The Kier molecular flexibility index (Phi) is 3.52. The Labute approximate surface area is 112 Å². The fraction of sp³-hybridized carbons (Fsp3) is 0.385. The summed E-state index contributed by atoms with van der Waals surface area (Å²) < 4.78 is 8.33. The first-order chi connectivity index (χ1) is 8.47. The van der Waals surface area contributed by atoms with Crippen molar-refractivity contribution < 1.29 is 4.74 Å². The summed E-state index contributed by atoms with van der Waals surface area (Å²) in [7, 11) is 1.88. The molecule has 0 amide bonds. The molecule has 0 fully saturated rings. The molecular weight excluding hydrogens is 246 g/mol. The quantitative estimate of drug-likeness (QED) is 0.864. The standard InChI is InChI=1S/C13H17N3OS/c1-8-5-9(2)7-11(6-8)17-10(3)12-14-15-13(18)16(12)4/h5-7,10H,1-4H3,(H,15,18). The van der Waals surface area contributed by atoms with Gasteiger partial charge in [0.1, 0.15) is 5.75 Å². The van der Waals surface area contributed by atoms with E-state index in [0.29, 0.717) is 4.77 Å². The third-order valence-electron chi connectivity index (χ3n) is 2.79. The molecule has 0 aliphatic rings. The van der Waals surface area contributed by atoms with Crippen LogP contribution in [-0.2, 0) is 7.05 Å². The number of aromatic amines is 1. The van der Waals surface area contributed by atoms with Crippen molar-refractivity contribution in [3.63, 3.8) is 0 Å². The molecule has 4 nitrogen and oxygen atoms in total. The van der Waals surface area contributed by atoms with Crippen LogP contribution in [-0.4, -0.2) is 14.8 Å². The number of aromatic nitrogens is 3. The monoisotopic (exact) mass is 263 g/mol. The van der Waals surface area contributed by atoms with E-state index in [9.17, 15) is 0 Å². The van der Waals surface area contributed by atoms with Crippen LogP contribution >= 0.6 is 12.2 Å². The Morgan fingerprint density at radius 1 is 1.28 bits per heavy atom. The normalized spacial score (nSPS) is 12.4. The lowest BCUT2D eigenvalue weighted by molar-refractivity contribution is 0.212. The van der Waals surface area contributed by atoms with Crippen LogP contribution in [0, 0.1) is 18.6 Å². The van der Waals surface area contributed by atoms with Crippen LogP contribution in [0.4, 0.5) is 0 Å². The third kappa shape index (κ3) is 2.61. The van der Waals surface area contributed by atoms with E-state index in [1.165, 1.54) is 11.1 Å². The highest BCUT2D eigenvalue weighted by molar-refractivity contribution is 7.71. The maximum Gasteiger partial charge on any atom is 0.195 e. The summed E-state index contributed by atoms with van der Waals surface area (Å²) in [5.41, 5.74) is 2.38. The number of hydrogen-bond donors (Lipinski definition) is 1. The first-order valence-electron chi connectivity index (χ1n) is 5.83. The third-order valence-corrected chi connectivity index (χ3v) is 3.15. The van der Waals surface area contributed by atoms with Crippen molar-refractivity contribution in [2.24, 2.45) is 7.05 Å². The largest absolute Gasteiger partial charge is 0.483 e. The fourth-order valence-corrected chi connectivity index (χ4v) is 2.12. The van der Waals surface area contributed by atoms with E-state index >= 15 is 0 Å². The first-order valence-corrected chi connectivity index (χ1v) is 6.24. The van der Waals surface area contributed by atoms with Gasteiger partial charge in [-0.2, -0.15) is 5.10 Å². The molecule has 5 heteroatoms. The number of H-pyrrole nitrogens is 1. The van der Waals surface area contributed by atoms with Gasteiger partial charge in [0.15, 0.2) is 16.7 Å². The number of benzene rings is 1. The summed E-state index contributed by atoms with van der Waals surface area (Å²) >= 11 is 5.09. The van der Waals surface area contributed by atoms with Crippen molar-refractivity contribution in [1.82, 2.24) is 14.8 Å². The summed E-state index contributed by atoms with van der Waals surface area (Å²) in [4.78, 5) is 0. The predicted molar refractivity (Wildman–Crippen MR) is 73.4 cm³/mol. The molecule has 0 radical (unpaired) electrons. The lowest BCUT2D eigenvalue weighted by Crippen LogP contribution is -2.09. The van der Waals surface area contributed by atoms with E-state index in [-0.39, 0.29) is 6.10 Å². The summed E-state index contributed by atoms with van der Waals surface area (Å²) in [5.74, 6) is 1.65. The number of rotatable bonds is 3. The Morgan fingerprint density at radius 3 is 2.39 bits per heavy atom. The number of ether oxygens (including phenoxy) is 1.